The summed E-state index contributed by atoms with van der Waals surface area (Å²) in [6, 6.07) is 0. The molecule has 1 aliphatic rings. The van der Waals surface area contributed by atoms with Gasteiger partial charge in [-0.1, -0.05) is 33.1 Å². The fourth-order valence-corrected chi connectivity index (χ4v) is 2.75. The minimum absolute atomic E-state index is 0.259. The van der Waals surface area contributed by atoms with E-state index in [0.717, 1.165) is 31.0 Å². The number of carbonyl (C=O) groups is 1. The van der Waals surface area contributed by atoms with Crippen LogP contribution in [0.3, 0.4) is 0 Å². The fraction of sp³-hybridized carbons (Fsp3) is 0.667. The molecule has 1 saturated carbocycles. The number of carboxylic acid groups (broad SMARTS) is 1. The second-order valence-electron chi connectivity index (χ2n) is 5.60. The molecular formula is C15H22N2O2. The van der Waals surface area contributed by atoms with E-state index in [-0.39, 0.29) is 5.56 Å². The lowest BCUT2D eigenvalue weighted by Crippen LogP contribution is -2.16. The van der Waals surface area contributed by atoms with E-state index < -0.39 is 5.97 Å². The van der Waals surface area contributed by atoms with Crippen molar-refractivity contribution in [2.24, 2.45) is 5.92 Å². The highest BCUT2D eigenvalue weighted by molar-refractivity contribution is 5.88. The van der Waals surface area contributed by atoms with Gasteiger partial charge in [-0.25, -0.2) is 14.8 Å². The average Bonchev–Trinajstić information content (AvgIpc) is 2.39. The third-order valence-electron chi connectivity index (χ3n) is 3.98. The summed E-state index contributed by atoms with van der Waals surface area (Å²) in [7, 11) is 0. The Balaban J connectivity index is 2.22. The topological polar surface area (TPSA) is 63.1 Å². The highest BCUT2D eigenvalue weighted by Crippen LogP contribution is 2.34. The van der Waals surface area contributed by atoms with Crippen LogP contribution in [-0.4, -0.2) is 21.0 Å². The molecule has 0 atom stereocenters. The van der Waals surface area contributed by atoms with E-state index in [1.54, 1.807) is 0 Å². The molecule has 0 aliphatic heterocycles. The Hall–Kier alpha value is -1.45. The lowest BCUT2D eigenvalue weighted by molar-refractivity contribution is 0.0694. The molecule has 0 saturated heterocycles. The number of aromatic carboxylic acids is 1. The molecule has 0 radical (unpaired) electrons. The van der Waals surface area contributed by atoms with E-state index >= 15 is 0 Å². The van der Waals surface area contributed by atoms with Gasteiger partial charge in [-0.15, -0.1) is 0 Å². The molecular weight excluding hydrogens is 240 g/mol. The number of hydrogen-bond donors (Lipinski definition) is 1. The summed E-state index contributed by atoms with van der Waals surface area (Å²) in [5.41, 5.74) is 0.952. The maximum absolute atomic E-state index is 11.1. The largest absolute Gasteiger partial charge is 0.478 e. The number of aromatic nitrogens is 2. The van der Waals surface area contributed by atoms with Gasteiger partial charge >= 0.3 is 5.97 Å². The number of hydrogen-bond acceptors (Lipinski definition) is 3. The van der Waals surface area contributed by atoms with E-state index in [4.69, 9.17) is 5.11 Å². The zero-order chi connectivity index (χ0) is 13.8. The molecule has 1 fully saturated rings. The van der Waals surface area contributed by atoms with Gasteiger partial charge in [0.05, 0.1) is 11.3 Å². The minimum Gasteiger partial charge on any atom is -0.478 e. The van der Waals surface area contributed by atoms with Crippen LogP contribution in [0, 0.1) is 5.92 Å². The van der Waals surface area contributed by atoms with Crippen molar-refractivity contribution >= 4 is 5.97 Å². The summed E-state index contributed by atoms with van der Waals surface area (Å²) >= 11 is 0. The SMILES string of the molecule is CCCc1nc(C2CCC(C)CC2)ncc1C(=O)O. The number of nitrogens with zero attached hydrogens (tertiary/aromatic N) is 2. The van der Waals surface area contributed by atoms with Crippen LogP contribution in [-0.2, 0) is 6.42 Å². The first-order valence-electron chi connectivity index (χ1n) is 7.21. The van der Waals surface area contributed by atoms with Gasteiger partial charge in [0.2, 0.25) is 0 Å². The van der Waals surface area contributed by atoms with Crippen LogP contribution < -0.4 is 0 Å². The third kappa shape index (κ3) is 3.31. The Kier molecular flexibility index (Phi) is 4.51. The van der Waals surface area contributed by atoms with Crippen molar-refractivity contribution in [2.45, 2.75) is 58.3 Å². The van der Waals surface area contributed by atoms with Gasteiger partial charge in [-0.05, 0) is 25.2 Å². The Morgan fingerprint density at radius 2 is 2.05 bits per heavy atom. The Bertz CT molecular complexity index is 451. The van der Waals surface area contributed by atoms with Gasteiger partial charge in [-0.2, -0.15) is 0 Å². The predicted octanol–water partition coefficient (Wildman–Crippen LogP) is 3.42. The van der Waals surface area contributed by atoms with Crippen LogP contribution in [0.1, 0.15) is 73.7 Å². The summed E-state index contributed by atoms with van der Waals surface area (Å²) in [6.07, 6.45) is 7.79. The Labute approximate surface area is 114 Å². The number of carboxylic acids is 1. The fourth-order valence-electron chi connectivity index (χ4n) is 2.75. The molecule has 1 heterocycles. The van der Waals surface area contributed by atoms with Crippen LogP contribution in [0.5, 0.6) is 0 Å². The Morgan fingerprint density at radius 1 is 1.37 bits per heavy atom. The Morgan fingerprint density at radius 3 is 2.63 bits per heavy atom. The highest BCUT2D eigenvalue weighted by Gasteiger charge is 2.23. The molecule has 0 amide bonds. The van der Waals surface area contributed by atoms with E-state index in [1.165, 1.54) is 19.0 Å². The molecule has 19 heavy (non-hydrogen) atoms. The maximum atomic E-state index is 11.1. The number of rotatable bonds is 4. The molecule has 104 valence electrons. The summed E-state index contributed by atoms with van der Waals surface area (Å²) in [4.78, 5) is 20.0. The van der Waals surface area contributed by atoms with Crippen molar-refractivity contribution in [3.63, 3.8) is 0 Å². The van der Waals surface area contributed by atoms with Crippen LogP contribution in [0.15, 0.2) is 6.20 Å². The van der Waals surface area contributed by atoms with Crippen LogP contribution in [0.25, 0.3) is 0 Å². The number of aryl methyl sites for hydroxylation is 1. The van der Waals surface area contributed by atoms with E-state index in [1.807, 2.05) is 6.92 Å². The summed E-state index contributed by atoms with van der Waals surface area (Å²) < 4.78 is 0. The van der Waals surface area contributed by atoms with Crippen molar-refractivity contribution in [2.75, 3.05) is 0 Å². The zero-order valence-corrected chi connectivity index (χ0v) is 11.7. The maximum Gasteiger partial charge on any atom is 0.339 e. The molecule has 1 aliphatic carbocycles. The molecule has 1 aromatic rings. The molecule has 2 rings (SSSR count). The molecule has 0 aromatic carbocycles. The van der Waals surface area contributed by atoms with Gasteiger partial charge in [0.25, 0.3) is 0 Å². The van der Waals surface area contributed by atoms with E-state index in [2.05, 4.69) is 16.9 Å². The van der Waals surface area contributed by atoms with Gasteiger partial charge in [0.15, 0.2) is 0 Å². The molecule has 4 nitrogen and oxygen atoms in total. The summed E-state index contributed by atoms with van der Waals surface area (Å²) in [5.74, 6) is 1.13. The molecule has 4 heteroatoms. The van der Waals surface area contributed by atoms with Gasteiger partial charge in [-0.3, -0.25) is 0 Å². The second-order valence-corrected chi connectivity index (χ2v) is 5.60. The molecule has 1 aromatic heterocycles. The lowest BCUT2D eigenvalue weighted by Gasteiger charge is -2.25. The molecule has 0 unspecified atom stereocenters. The standard InChI is InChI=1S/C15H22N2O2/c1-3-4-13-12(15(18)19)9-16-14(17-13)11-7-5-10(2)6-8-11/h9-11H,3-8H2,1-2H3,(H,18,19). The van der Waals surface area contributed by atoms with Crippen LogP contribution >= 0.6 is 0 Å². The monoisotopic (exact) mass is 262 g/mol. The predicted molar refractivity (Wildman–Crippen MR) is 73.4 cm³/mol. The van der Waals surface area contributed by atoms with E-state index in [0.29, 0.717) is 18.0 Å². The van der Waals surface area contributed by atoms with Crippen molar-refractivity contribution in [3.05, 3.63) is 23.3 Å². The zero-order valence-electron chi connectivity index (χ0n) is 11.7. The lowest BCUT2D eigenvalue weighted by atomic mass is 9.82. The first-order chi connectivity index (χ1) is 9.11. The van der Waals surface area contributed by atoms with E-state index in [9.17, 15) is 4.79 Å². The molecule has 0 spiro atoms. The van der Waals surface area contributed by atoms with Crippen molar-refractivity contribution < 1.29 is 9.90 Å². The van der Waals surface area contributed by atoms with Crippen molar-refractivity contribution in [1.29, 1.82) is 0 Å². The first-order valence-corrected chi connectivity index (χ1v) is 7.21. The summed E-state index contributed by atoms with van der Waals surface area (Å²) in [6.45, 7) is 4.32. The first kappa shape index (κ1) is 14.0. The van der Waals surface area contributed by atoms with Crippen LogP contribution in [0.4, 0.5) is 0 Å². The normalized spacial score (nSPS) is 23.3. The van der Waals surface area contributed by atoms with Gasteiger partial charge < -0.3 is 5.11 Å². The van der Waals surface area contributed by atoms with Gasteiger partial charge in [0.1, 0.15) is 5.82 Å². The third-order valence-corrected chi connectivity index (χ3v) is 3.98. The van der Waals surface area contributed by atoms with Crippen molar-refractivity contribution in [3.8, 4) is 0 Å². The quantitative estimate of drug-likeness (QED) is 0.903. The highest BCUT2D eigenvalue weighted by atomic mass is 16.4. The average molecular weight is 262 g/mol. The molecule has 0 bridgehead atoms. The second kappa shape index (κ2) is 6.13. The smallest absolute Gasteiger partial charge is 0.339 e. The minimum atomic E-state index is -0.924. The van der Waals surface area contributed by atoms with Gasteiger partial charge in [0, 0.05) is 12.1 Å². The van der Waals surface area contributed by atoms with Crippen LogP contribution in [0.2, 0.25) is 0 Å². The van der Waals surface area contributed by atoms with Crippen molar-refractivity contribution in [1.82, 2.24) is 9.97 Å². The molecule has 1 N–H and O–H groups in total. The summed E-state index contributed by atoms with van der Waals surface area (Å²) in [5, 5.41) is 9.15.